The van der Waals surface area contributed by atoms with Crippen molar-refractivity contribution < 1.29 is 24.6 Å². The first-order chi connectivity index (χ1) is 16.7. The van der Waals surface area contributed by atoms with Crippen molar-refractivity contribution in [2.45, 2.75) is 48.3 Å². The molecule has 2 aromatic rings. The van der Waals surface area contributed by atoms with Gasteiger partial charge in [-0.3, -0.25) is 14.4 Å². The fourth-order valence-electron chi connectivity index (χ4n) is 6.53. The monoisotopic (exact) mass is 494 g/mol. The second-order valence-corrected chi connectivity index (χ2v) is 12.0. The summed E-state index contributed by atoms with van der Waals surface area (Å²) in [6.45, 7) is 7.39. The van der Waals surface area contributed by atoms with Gasteiger partial charge in [-0.15, -0.1) is 18.3 Å². The summed E-state index contributed by atoms with van der Waals surface area (Å²) in [6, 6.07) is 12.2. The van der Waals surface area contributed by atoms with Crippen LogP contribution in [0.2, 0.25) is 0 Å². The van der Waals surface area contributed by atoms with E-state index in [1.165, 1.54) is 16.7 Å². The number of nitrogens with zero attached hydrogens (tertiary/aromatic N) is 2. The largest absolute Gasteiger partial charge is 0.481 e. The molecule has 1 spiro atoms. The number of hydrogen-bond acceptors (Lipinski definition) is 5. The molecule has 184 valence electrons. The van der Waals surface area contributed by atoms with Crippen LogP contribution in [-0.2, 0) is 14.4 Å². The van der Waals surface area contributed by atoms with Gasteiger partial charge in [0.2, 0.25) is 5.91 Å². The summed E-state index contributed by atoms with van der Waals surface area (Å²) in [5.41, 5.74) is 0.691. The van der Waals surface area contributed by atoms with Gasteiger partial charge in [-0.1, -0.05) is 36.4 Å². The average molecular weight is 495 g/mol. The number of benzene rings is 2. The Kier molecular flexibility index (Phi) is 5.72. The maximum absolute atomic E-state index is 14.4. The lowest BCUT2D eigenvalue weighted by atomic mass is 9.66. The molecule has 35 heavy (non-hydrogen) atoms. The molecule has 0 saturated carbocycles. The third kappa shape index (κ3) is 3.33. The normalized spacial score (nSPS) is 32.0. The van der Waals surface area contributed by atoms with Gasteiger partial charge >= 0.3 is 5.97 Å². The predicted octanol–water partition coefficient (Wildman–Crippen LogP) is 3.31. The molecule has 2 N–H and O–H groups in total. The number of carboxylic acid groups (broad SMARTS) is 1. The number of carboxylic acids is 1. The molecule has 7 nitrogen and oxygen atoms in total. The van der Waals surface area contributed by atoms with Gasteiger partial charge < -0.3 is 20.0 Å². The molecule has 2 unspecified atom stereocenters. The van der Waals surface area contributed by atoms with Crippen molar-refractivity contribution in [1.29, 1.82) is 0 Å². The Bertz CT molecular complexity index is 1230. The molecule has 2 bridgehead atoms. The van der Waals surface area contributed by atoms with Crippen LogP contribution < -0.4 is 4.90 Å². The molecular formula is C27H30N2O5S. The lowest BCUT2D eigenvalue weighted by Gasteiger charge is -2.38. The van der Waals surface area contributed by atoms with Crippen LogP contribution in [0.5, 0.6) is 0 Å². The van der Waals surface area contributed by atoms with E-state index in [4.69, 9.17) is 0 Å². The molecule has 3 saturated heterocycles. The summed E-state index contributed by atoms with van der Waals surface area (Å²) >= 11 is 1.50. The quantitative estimate of drug-likeness (QED) is 0.573. The third-order valence-corrected chi connectivity index (χ3v) is 10.1. The van der Waals surface area contributed by atoms with Crippen LogP contribution >= 0.6 is 11.8 Å². The van der Waals surface area contributed by atoms with Gasteiger partial charge in [0.15, 0.2) is 0 Å². The zero-order valence-electron chi connectivity index (χ0n) is 19.9. The fourth-order valence-corrected chi connectivity index (χ4v) is 8.86. The van der Waals surface area contributed by atoms with E-state index in [-0.39, 0.29) is 25.0 Å². The molecule has 2 amide bonds. The highest BCUT2D eigenvalue weighted by atomic mass is 32.2. The zero-order valence-corrected chi connectivity index (χ0v) is 20.7. The number of thioether (sulfide) groups is 1. The van der Waals surface area contributed by atoms with Crippen molar-refractivity contribution in [2.75, 3.05) is 18.1 Å². The molecule has 3 aliphatic rings. The van der Waals surface area contributed by atoms with E-state index in [0.29, 0.717) is 18.5 Å². The summed E-state index contributed by atoms with van der Waals surface area (Å²) in [5.74, 6) is -3.27. The van der Waals surface area contributed by atoms with Crippen LogP contribution in [0, 0.1) is 11.8 Å². The highest BCUT2D eigenvalue weighted by Gasteiger charge is 2.77. The van der Waals surface area contributed by atoms with Crippen molar-refractivity contribution >= 4 is 46.0 Å². The Morgan fingerprint density at radius 1 is 1.26 bits per heavy atom. The van der Waals surface area contributed by atoms with Crippen LogP contribution in [0.25, 0.3) is 10.8 Å². The lowest BCUT2D eigenvalue weighted by molar-refractivity contribution is -0.150. The van der Waals surface area contributed by atoms with Crippen molar-refractivity contribution in [1.82, 2.24) is 4.90 Å². The molecule has 5 rings (SSSR count). The summed E-state index contributed by atoms with van der Waals surface area (Å²) in [6.07, 6.45) is 2.86. The highest BCUT2D eigenvalue weighted by Crippen LogP contribution is 2.71. The second kappa shape index (κ2) is 8.38. The Morgan fingerprint density at radius 2 is 1.97 bits per heavy atom. The molecule has 6 atom stereocenters. The minimum atomic E-state index is -0.998. The Labute approximate surface area is 208 Å². The molecule has 0 radical (unpaired) electrons. The number of aliphatic hydroxyl groups is 1. The van der Waals surface area contributed by atoms with E-state index >= 15 is 0 Å². The SMILES string of the molecule is C=CCN(C(=O)C1N([C@H](C)CO)C(=O)[C@@H]2[C@H](C(=O)O)[C@]3(C)CCC12S3)c1ccc2ccccc2c1. The van der Waals surface area contributed by atoms with Crippen LogP contribution in [0.3, 0.4) is 0 Å². The van der Waals surface area contributed by atoms with E-state index < -0.39 is 39.4 Å². The number of carbonyl (C=O) groups is 3. The van der Waals surface area contributed by atoms with Crippen molar-refractivity contribution in [3.8, 4) is 0 Å². The van der Waals surface area contributed by atoms with Crippen molar-refractivity contribution in [2.24, 2.45) is 11.8 Å². The van der Waals surface area contributed by atoms with E-state index in [2.05, 4.69) is 6.58 Å². The maximum Gasteiger partial charge on any atom is 0.308 e. The fraction of sp³-hybridized carbons (Fsp3) is 0.444. The number of hydrogen-bond donors (Lipinski definition) is 2. The number of rotatable bonds is 7. The lowest BCUT2D eigenvalue weighted by Crippen LogP contribution is -2.57. The number of amides is 2. The summed E-state index contributed by atoms with van der Waals surface area (Å²) < 4.78 is -1.45. The summed E-state index contributed by atoms with van der Waals surface area (Å²) in [7, 11) is 0. The van der Waals surface area contributed by atoms with Crippen molar-refractivity contribution in [3.05, 3.63) is 55.1 Å². The van der Waals surface area contributed by atoms with E-state index in [9.17, 15) is 24.6 Å². The van der Waals surface area contributed by atoms with E-state index in [1.54, 1.807) is 17.9 Å². The first-order valence-electron chi connectivity index (χ1n) is 12.0. The van der Waals surface area contributed by atoms with Gasteiger partial charge in [0, 0.05) is 17.0 Å². The number of aliphatic hydroxyl groups excluding tert-OH is 1. The van der Waals surface area contributed by atoms with Gasteiger partial charge in [0.25, 0.3) is 5.91 Å². The standard InChI is InChI=1S/C27H30N2O5S/c1-4-13-28(19-10-9-17-7-5-6-8-18(17)14-19)24(32)22-27-12-11-26(3,35-27)21(25(33)34)20(27)23(31)29(22)16(2)15-30/h4-10,14,16,20-22,30H,1,11-13,15H2,2-3H3,(H,33,34)/t16-,20+,21-,22?,26+,27?/m1/s1. The van der Waals surface area contributed by atoms with E-state index in [1.807, 2.05) is 49.4 Å². The van der Waals surface area contributed by atoms with Gasteiger partial charge in [0.05, 0.1) is 29.2 Å². The molecule has 3 fully saturated rings. The second-order valence-electron chi connectivity index (χ2n) is 10.1. The highest BCUT2D eigenvalue weighted by molar-refractivity contribution is 8.02. The molecule has 2 aromatic carbocycles. The molecule has 0 aliphatic carbocycles. The van der Waals surface area contributed by atoms with Crippen LogP contribution in [0.1, 0.15) is 26.7 Å². The van der Waals surface area contributed by atoms with Crippen LogP contribution in [-0.4, -0.2) is 67.6 Å². The maximum atomic E-state index is 14.4. The van der Waals surface area contributed by atoms with Crippen LogP contribution in [0.15, 0.2) is 55.1 Å². The van der Waals surface area contributed by atoms with Gasteiger partial charge in [-0.2, -0.15) is 0 Å². The number of aliphatic carboxylic acids is 1. The summed E-state index contributed by atoms with van der Waals surface area (Å²) in [5, 5.41) is 22.1. The Hall–Kier alpha value is -2.84. The molecule has 8 heteroatoms. The molecule has 3 heterocycles. The predicted molar refractivity (Wildman–Crippen MR) is 136 cm³/mol. The first-order valence-corrected chi connectivity index (χ1v) is 12.8. The molecule has 0 aromatic heterocycles. The topological polar surface area (TPSA) is 98.2 Å². The summed E-state index contributed by atoms with van der Waals surface area (Å²) in [4.78, 5) is 43.6. The number of fused-ring (bicyclic) bond motifs is 2. The number of likely N-dealkylation sites (tertiary alicyclic amines) is 1. The average Bonchev–Trinajstić information content (AvgIpc) is 3.42. The smallest absolute Gasteiger partial charge is 0.308 e. The van der Waals surface area contributed by atoms with E-state index in [0.717, 1.165) is 10.8 Å². The van der Waals surface area contributed by atoms with Crippen LogP contribution in [0.4, 0.5) is 5.69 Å². The number of anilines is 1. The zero-order chi connectivity index (χ0) is 25.1. The van der Waals surface area contributed by atoms with Gasteiger partial charge in [0.1, 0.15) is 6.04 Å². The van der Waals surface area contributed by atoms with Crippen molar-refractivity contribution in [3.63, 3.8) is 0 Å². The van der Waals surface area contributed by atoms with Gasteiger partial charge in [-0.25, -0.2) is 0 Å². The Balaban J connectivity index is 1.63. The third-order valence-electron chi connectivity index (χ3n) is 8.08. The Morgan fingerprint density at radius 3 is 2.63 bits per heavy atom. The number of carbonyl (C=O) groups excluding carboxylic acids is 2. The minimum absolute atomic E-state index is 0.244. The molecular weight excluding hydrogens is 464 g/mol. The molecule has 3 aliphatic heterocycles. The van der Waals surface area contributed by atoms with Gasteiger partial charge in [-0.05, 0) is 49.6 Å². The minimum Gasteiger partial charge on any atom is -0.481 e. The first kappa shape index (κ1) is 23.9.